The standard InChI is InChI=1S/C24H29N3O6S/c1-16-6-5-7-18(10-16)27(12-21(28)26-24(2,3)4)23(30)14-34(31)13-22(29)25-17-8-9-19-20(11-17)33-15-32-19/h5-11H,12-15H2,1-4H3,(H,25,29)(H,26,28)/t34-/m0/s1. The number of fused-ring (bicyclic) bond motifs is 1. The number of hydrogen-bond acceptors (Lipinski definition) is 6. The summed E-state index contributed by atoms with van der Waals surface area (Å²) in [7, 11) is -1.78. The molecule has 2 N–H and O–H groups in total. The Morgan fingerprint density at radius 2 is 1.74 bits per heavy atom. The number of carbonyl (C=O) groups is 3. The number of nitrogens with zero attached hydrogens (tertiary/aromatic N) is 1. The van der Waals surface area contributed by atoms with E-state index < -0.39 is 33.9 Å². The van der Waals surface area contributed by atoms with Crippen LogP contribution in [-0.4, -0.2) is 52.3 Å². The number of rotatable bonds is 8. The Hall–Kier alpha value is -3.40. The summed E-state index contributed by atoms with van der Waals surface area (Å²) in [5, 5.41) is 5.47. The van der Waals surface area contributed by atoms with E-state index in [2.05, 4.69) is 10.6 Å². The van der Waals surface area contributed by atoms with E-state index in [1.165, 1.54) is 4.90 Å². The molecular weight excluding hydrogens is 458 g/mol. The van der Waals surface area contributed by atoms with Crippen LogP contribution in [0, 0.1) is 6.92 Å². The first kappa shape index (κ1) is 25.2. The lowest BCUT2D eigenvalue weighted by Crippen LogP contribution is -2.48. The molecule has 1 atom stereocenters. The van der Waals surface area contributed by atoms with Crippen molar-refractivity contribution in [2.75, 3.05) is 35.1 Å². The normalized spacial score (nSPS) is 13.2. The quantitative estimate of drug-likeness (QED) is 0.591. The molecule has 0 unspecified atom stereocenters. The fourth-order valence-electron chi connectivity index (χ4n) is 3.30. The first-order chi connectivity index (χ1) is 16.0. The minimum Gasteiger partial charge on any atom is -0.454 e. The maximum absolute atomic E-state index is 13.0. The summed E-state index contributed by atoms with van der Waals surface area (Å²) in [5.74, 6) is -1.02. The Bertz CT molecular complexity index is 1110. The zero-order chi connectivity index (χ0) is 24.9. The van der Waals surface area contributed by atoms with Crippen molar-refractivity contribution in [1.82, 2.24) is 5.32 Å². The maximum Gasteiger partial charge on any atom is 0.240 e. The average Bonchev–Trinajstić information content (AvgIpc) is 3.18. The van der Waals surface area contributed by atoms with Crippen molar-refractivity contribution in [3.8, 4) is 11.5 Å². The van der Waals surface area contributed by atoms with Gasteiger partial charge >= 0.3 is 0 Å². The van der Waals surface area contributed by atoms with Gasteiger partial charge in [0, 0.05) is 33.8 Å². The van der Waals surface area contributed by atoms with Crippen LogP contribution in [0.5, 0.6) is 11.5 Å². The number of nitrogens with one attached hydrogen (secondary N) is 2. The van der Waals surface area contributed by atoms with Crippen molar-refractivity contribution in [3.63, 3.8) is 0 Å². The van der Waals surface area contributed by atoms with Crippen molar-refractivity contribution in [3.05, 3.63) is 48.0 Å². The second-order valence-corrected chi connectivity index (χ2v) is 10.4. The molecule has 182 valence electrons. The Labute approximate surface area is 201 Å². The van der Waals surface area contributed by atoms with Crippen LogP contribution in [0.15, 0.2) is 42.5 Å². The second-order valence-electron chi connectivity index (χ2n) is 8.96. The van der Waals surface area contributed by atoms with Gasteiger partial charge in [0.15, 0.2) is 11.5 Å². The zero-order valence-electron chi connectivity index (χ0n) is 19.7. The molecule has 0 radical (unpaired) electrons. The van der Waals surface area contributed by atoms with Crippen LogP contribution in [0.1, 0.15) is 26.3 Å². The van der Waals surface area contributed by atoms with Gasteiger partial charge in [-0.15, -0.1) is 0 Å². The Morgan fingerprint density at radius 3 is 2.44 bits per heavy atom. The molecule has 0 aromatic heterocycles. The van der Waals surface area contributed by atoms with E-state index in [1.54, 1.807) is 36.4 Å². The summed E-state index contributed by atoms with van der Waals surface area (Å²) in [6.45, 7) is 7.30. The number of amides is 3. The molecule has 0 spiro atoms. The molecule has 0 bridgehead atoms. The number of carbonyl (C=O) groups excluding carboxylic acids is 3. The summed E-state index contributed by atoms with van der Waals surface area (Å²) >= 11 is 0. The Balaban J connectivity index is 1.63. The third-order valence-electron chi connectivity index (χ3n) is 4.66. The third kappa shape index (κ3) is 7.31. The molecule has 1 aliphatic heterocycles. The molecule has 1 aliphatic rings. The van der Waals surface area contributed by atoms with Crippen LogP contribution in [0.3, 0.4) is 0 Å². The van der Waals surface area contributed by atoms with Gasteiger partial charge in [0.25, 0.3) is 0 Å². The molecule has 2 aromatic carbocycles. The first-order valence-electron chi connectivity index (χ1n) is 10.7. The Kier molecular flexibility index (Phi) is 7.93. The number of hydrogen-bond donors (Lipinski definition) is 2. The minimum absolute atomic E-state index is 0.115. The molecule has 9 nitrogen and oxygen atoms in total. The molecule has 3 rings (SSSR count). The van der Waals surface area contributed by atoms with E-state index in [4.69, 9.17) is 9.47 Å². The molecule has 10 heteroatoms. The lowest BCUT2D eigenvalue weighted by atomic mass is 10.1. The SMILES string of the molecule is Cc1cccc(N(CC(=O)NC(C)(C)C)C(=O)C[S@@](=O)CC(=O)Nc2ccc3c(c2)OCO3)c1. The number of benzene rings is 2. The highest BCUT2D eigenvalue weighted by Crippen LogP contribution is 2.34. The fraction of sp³-hybridized carbons (Fsp3) is 0.375. The van der Waals surface area contributed by atoms with Crippen molar-refractivity contribution >= 4 is 39.9 Å². The highest BCUT2D eigenvalue weighted by molar-refractivity contribution is 7.86. The van der Waals surface area contributed by atoms with E-state index >= 15 is 0 Å². The van der Waals surface area contributed by atoms with Crippen LogP contribution in [0.25, 0.3) is 0 Å². The van der Waals surface area contributed by atoms with Gasteiger partial charge in [0.05, 0.1) is 0 Å². The van der Waals surface area contributed by atoms with Crippen molar-refractivity contribution in [2.45, 2.75) is 33.2 Å². The van der Waals surface area contributed by atoms with Gasteiger partial charge in [-0.25, -0.2) is 0 Å². The average molecular weight is 488 g/mol. The van der Waals surface area contributed by atoms with Crippen LogP contribution in [0.4, 0.5) is 11.4 Å². The van der Waals surface area contributed by atoms with E-state index in [-0.39, 0.29) is 25.0 Å². The summed E-state index contributed by atoms with van der Waals surface area (Å²) in [4.78, 5) is 39.2. The van der Waals surface area contributed by atoms with Crippen molar-refractivity contribution in [2.24, 2.45) is 0 Å². The van der Waals surface area contributed by atoms with Gasteiger partial charge in [-0.05, 0) is 57.5 Å². The highest BCUT2D eigenvalue weighted by Gasteiger charge is 2.24. The fourth-order valence-corrected chi connectivity index (χ4v) is 4.20. The molecule has 34 heavy (non-hydrogen) atoms. The molecule has 3 amide bonds. The maximum atomic E-state index is 13.0. The predicted octanol–water partition coefficient (Wildman–Crippen LogP) is 2.36. The van der Waals surface area contributed by atoms with Crippen LogP contribution in [0.2, 0.25) is 0 Å². The van der Waals surface area contributed by atoms with Gasteiger partial charge in [0.2, 0.25) is 24.5 Å². The van der Waals surface area contributed by atoms with Crippen molar-refractivity contribution in [1.29, 1.82) is 0 Å². The number of ether oxygens (including phenoxy) is 2. The van der Waals surface area contributed by atoms with Gasteiger partial charge in [-0.3, -0.25) is 18.6 Å². The molecule has 0 fully saturated rings. The topological polar surface area (TPSA) is 114 Å². The third-order valence-corrected chi connectivity index (χ3v) is 5.82. The number of anilines is 2. The smallest absolute Gasteiger partial charge is 0.240 e. The van der Waals surface area contributed by atoms with E-state index in [0.717, 1.165) is 5.56 Å². The van der Waals surface area contributed by atoms with E-state index in [0.29, 0.717) is 22.9 Å². The molecule has 1 heterocycles. The minimum atomic E-state index is -1.78. The predicted molar refractivity (Wildman–Crippen MR) is 130 cm³/mol. The van der Waals surface area contributed by atoms with Gasteiger partial charge < -0.3 is 25.0 Å². The molecule has 0 saturated carbocycles. The summed E-state index contributed by atoms with van der Waals surface area (Å²) < 4.78 is 23.1. The van der Waals surface area contributed by atoms with Gasteiger partial charge in [-0.1, -0.05) is 12.1 Å². The largest absolute Gasteiger partial charge is 0.454 e. The van der Waals surface area contributed by atoms with E-state index in [1.807, 2.05) is 33.8 Å². The Morgan fingerprint density at radius 1 is 1.00 bits per heavy atom. The van der Waals surface area contributed by atoms with Crippen molar-refractivity contribution < 1.29 is 28.1 Å². The zero-order valence-corrected chi connectivity index (χ0v) is 20.5. The van der Waals surface area contributed by atoms with Gasteiger partial charge in [0.1, 0.15) is 18.1 Å². The summed E-state index contributed by atoms with van der Waals surface area (Å²) in [6, 6.07) is 12.1. The molecule has 0 saturated heterocycles. The van der Waals surface area contributed by atoms with Crippen LogP contribution < -0.4 is 25.0 Å². The second kappa shape index (κ2) is 10.7. The monoisotopic (exact) mass is 487 g/mol. The van der Waals surface area contributed by atoms with E-state index in [9.17, 15) is 18.6 Å². The highest BCUT2D eigenvalue weighted by atomic mass is 32.2. The lowest BCUT2D eigenvalue weighted by Gasteiger charge is -2.26. The first-order valence-corrected chi connectivity index (χ1v) is 12.2. The van der Waals surface area contributed by atoms with Crippen LogP contribution in [-0.2, 0) is 25.2 Å². The molecule has 0 aliphatic carbocycles. The molecular formula is C24H29N3O6S. The number of aryl methyl sites for hydroxylation is 1. The van der Waals surface area contributed by atoms with Crippen LogP contribution >= 0.6 is 0 Å². The summed E-state index contributed by atoms with van der Waals surface area (Å²) in [6.07, 6.45) is 0. The molecule has 2 aromatic rings. The lowest BCUT2D eigenvalue weighted by molar-refractivity contribution is -0.124. The van der Waals surface area contributed by atoms with Gasteiger partial charge in [-0.2, -0.15) is 0 Å². The summed E-state index contributed by atoms with van der Waals surface area (Å²) in [5.41, 5.74) is 1.44.